The quantitative estimate of drug-likeness (QED) is 0.127. The van der Waals surface area contributed by atoms with E-state index in [-0.39, 0.29) is 40.7 Å². The van der Waals surface area contributed by atoms with Crippen molar-refractivity contribution < 1.29 is 14.3 Å². The van der Waals surface area contributed by atoms with Crippen molar-refractivity contribution in [3.05, 3.63) is 90.1 Å². The van der Waals surface area contributed by atoms with Gasteiger partial charge < -0.3 is 25.0 Å². The first kappa shape index (κ1) is 41.3. The molecule has 0 N–H and O–H groups in total. The standard InChI is InChI=1S/C34H35N4O3.C10H22.Mg/c1-9-19-15(4)22-12-24-17(6)21(11-3)31(37-24)29-30(34(40)41-8)33(39)28-18(7)25(38-32(28)29)14-27-20(10-2)16(5)23(36-27)13-26(19)35-22;1-5-10(4)8-6-7-9(2)3;/h9,12-14,17,21,30H,1,10-11H2,2-8H3,(H-,37,38,39);9-10H,5-8H2,1-4H3;/q-3;;+2/p-1/b23-13-,24-12-,27-14-;;/t17-,21-,30+;10-;/m00./s1. The Hall–Kier alpha value is -3.49. The van der Waals surface area contributed by atoms with Crippen LogP contribution < -0.4 is 25.7 Å². The van der Waals surface area contributed by atoms with Gasteiger partial charge in [-0.25, -0.2) is 0 Å². The SMILES string of the molecule is C=Cc1c2[n-]c(c1C)/C=C1\[N-]/C(=C3\c4[n-]c(c(C)c4C(=O)[C@@H]3C(=O)OC)/C=c3\[n-]/c(c(C)c3CC)=C\2)[C@@H](CC)[C@@H]1C.CC[C@H](C)CCCC(C)C.[Mg+2]. The fourth-order valence-electron chi connectivity index (χ4n) is 7.89. The number of methoxy groups -OCH3 is 1. The first-order valence-corrected chi connectivity index (χ1v) is 18.9. The van der Waals surface area contributed by atoms with E-state index in [1.165, 1.54) is 32.8 Å². The van der Waals surface area contributed by atoms with Gasteiger partial charge in [0.25, 0.3) is 0 Å². The van der Waals surface area contributed by atoms with Gasteiger partial charge in [0.2, 0.25) is 0 Å². The zero-order valence-electron chi connectivity index (χ0n) is 33.4. The number of allylic oxidation sites excluding steroid dienone is 2. The van der Waals surface area contributed by atoms with Crippen molar-refractivity contribution in [3.63, 3.8) is 0 Å². The number of Topliss-reactive ketones (excluding diaryl/α,β-unsaturated/α-hetero) is 1. The zero-order chi connectivity index (χ0) is 37.3. The van der Waals surface area contributed by atoms with Crippen molar-refractivity contribution in [1.29, 1.82) is 0 Å². The molecule has 0 amide bonds. The molecule has 8 bridgehead atoms. The number of hydrogen-bond donors (Lipinski definition) is 0. The summed E-state index contributed by atoms with van der Waals surface area (Å²) >= 11 is 0. The molecular weight excluding hydrogens is 657 g/mol. The molecule has 5 heterocycles. The molecule has 0 spiro atoms. The molecule has 6 rings (SSSR count). The van der Waals surface area contributed by atoms with Gasteiger partial charge in [-0.3, -0.25) is 9.59 Å². The number of aromatic nitrogens is 3. The summed E-state index contributed by atoms with van der Waals surface area (Å²) in [4.78, 5) is 42.0. The van der Waals surface area contributed by atoms with Gasteiger partial charge in [-0.2, -0.15) is 11.4 Å². The molecule has 0 unspecified atom stereocenters. The van der Waals surface area contributed by atoms with Crippen molar-refractivity contribution in [2.75, 3.05) is 7.11 Å². The van der Waals surface area contributed by atoms with Crippen LogP contribution in [0.5, 0.6) is 0 Å². The number of esters is 1. The molecule has 52 heavy (non-hydrogen) atoms. The van der Waals surface area contributed by atoms with Crippen LogP contribution in [-0.2, 0) is 16.0 Å². The summed E-state index contributed by atoms with van der Waals surface area (Å²) in [5, 5.41) is 6.80. The molecule has 0 radical (unpaired) electrons. The summed E-state index contributed by atoms with van der Waals surface area (Å²) in [6.45, 7) is 25.7. The third-order valence-corrected chi connectivity index (χ3v) is 11.4. The largest absolute Gasteiger partial charge is 2.00 e. The smallest absolute Gasteiger partial charge is 0.664 e. The predicted octanol–water partition coefficient (Wildman–Crippen LogP) is 7.93. The van der Waals surface area contributed by atoms with E-state index in [1.54, 1.807) is 0 Å². The summed E-state index contributed by atoms with van der Waals surface area (Å²) in [6, 6.07) is 0. The number of carbonyl (C=O) groups is 2. The maximum Gasteiger partial charge on any atom is 2.00 e. The molecule has 7 nitrogen and oxygen atoms in total. The average Bonchev–Trinajstić information content (AvgIpc) is 3.84. The van der Waals surface area contributed by atoms with Gasteiger partial charge in [0.15, 0.2) is 5.78 Å². The van der Waals surface area contributed by atoms with Crippen LogP contribution in [0.3, 0.4) is 0 Å². The molecule has 3 aromatic rings. The Morgan fingerprint density at radius 2 is 1.60 bits per heavy atom. The third kappa shape index (κ3) is 7.61. The van der Waals surface area contributed by atoms with Gasteiger partial charge in [-0.05, 0) is 56.4 Å². The van der Waals surface area contributed by atoms with Crippen LogP contribution in [0.1, 0.15) is 142 Å². The Kier molecular flexibility index (Phi) is 13.6. The van der Waals surface area contributed by atoms with Gasteiger partial charge in [0.1, 0.15) is 5.92 Å². The van der Waals surface area contributed by atoms with Crippen LogP contribution >= 0.6 is 0 Å². The van der Waals surface area contributed by atoms with Crippen LogP contribution in [-0.4, -0.2) is 41.9 Å². The molecule has 1 saturated heterocycles. The first-order chi connectivity index (χ1) is 24.3. The fraction of sp³-hybridized carbons (Fsp3) is 0.500. The molecule has 8 heteroatoms. The number of rotatable bonds is 9. The minimum Gasteiger partial charge on any atom is -0.664 e. The van der Waals surface area contributed by atoms with E-state index in [0.29, 0.717) is 22.5 Å². The van der Waals surface area contributed by atoms with E-state index >= 15 is 0 Å². The second-order valence-corrected chi connectivity index (χ2v) is 15.0. The van der Waals surface area contributed by atoms with E-state index in [1.807, 2.05) is 38.2 Å². The molecule has 274 valence electrons. The van der Waals surface area contributed by atoms with Crippen LogP contribution in [0.15, 0.2) is 18.0 Å². The number of fused-ring (bicyclic) bond motifs is 7. The number of ketones is 1. The normalized spacial score (nSPS) is 22.9. The van der Waals surface area contributed by atoms with Crippen molar-refractivity contribution in [3.8, 4) is 0 Å². The molecule has 3 aliphatic rings. The average molecular weight is 713 g/mol. The minimum absolute atomic E-state index is 0. The molecule has 3 aromatic heterocycles. The number of hydrogen-bond acceptors (Lipinski definition) is 3. The van der Waals surface area contributed by atoms with Crippen LogP contribution in [0.4, 0.5) is 0 Å². The summed E-state index contributed by atoms with van der Waals surface area (Å²) in [5.74, 6) is -0.0332. The molecule has 0 saturated carbocycles. The summed E-state index contributed by atoms with van der Waals surface area (Å²) in [5.41, 5.74) is 10.5. The Morgan fingerprint density at radius 1 is 0.923 bits per heavy atom. The number of nitrogens with zero attached hydrogens (tertiary/aromatic N) is 4. The van der Waals surface area contributed by atoms with E-state index in [2.05, 4.69) is 62.0 Å². The van der Waals surface area contributed by atoms with Crippen LogP contribution in [0, 0.1) is 50.4 Å². The van der Waals surface area contributed by atoms with Gasteiger partial charge in [0, 0.05) is 5.56 Å². The second-order valence-electron chi connectivity index (χ2n) is 15.0. The van der Waals surface area contributed by atoms with Gasteiger partial charge >= 0.3 is 29.0 Å². The summed E-state index contributed by atoms with van der Waals surface area (Å²) in [7, 11) is 1.32. The Labute approximate surface area is 327 Å². The molecule has 0 aromatic carbocycles. The molecule has 1 aliphatic carbocycles. The van der Waals surface area contributed by atoms with Crippen molar-refractivity contribution >= 4 is 64.7 Å². The zero-order valence-corrected chi connectivity index (χ0v) is 34.8. The van der Waals surface area contributed by atoms with E-state index in [9.17, 15) is 9.59 Å². The minimum atomic E-state index is -1.08. The Morgan fingerprint density at radius 3 is 2.19 bits per heavy atom. The van der Waals surface area contributed by atoms with Crippen LogP contribution in [0.25, 0.3) is 35.2 Å². The van der Waals surface area contributed by atoms with Crippen molar-refractivity contribution in [2.24, 2.45) is 29.6 Å². The van der Waals surface area contributed by atoms with E-state index in [4.69, 9.17) is 25.0 Å². The van der Waals surface area contributed by atoms with Crippen molar-refractivity contribution in [2.45, 2.75) is 108 Å². The molecular formula is C44H56MgN4O3-2. The maximum atomic E-state index is 13.9. The van der Waals surface area contributed by atoms with E-state index < -0.39 is 11.9 Å². The first-order valence-electron chi connectivity index (χ1n) is 18.9. The Bertz CT molecular complexity index is 2020. The molecule has 2 aliphatic heterocycles. The summed E-state index contributed by atoms with van der Waals surface area (Å²) in [6.07, 6.45) is 15.1. The predicted molar refractivity (Wildman–Crippen MR) is 214 cm³/mol. The molecule has 4 atom stereocenters. The van der Waals surface area contributed by atoms with E-state index in [0.717, 1.165) is 86.0 Å². The number of ether oxygens (including phenoxy) is 1. The molecule has 1 fully saturated rings. The van der Waals surface area contributed by atoms with Crippen LogP contribution in [0.2, 0.25) is 0 Å². The Balaban J connectivity index is 0.000000484. The van der Waals surface area contributed by atoms with Gasteiger partial charge in [-0.15, -0.1) is 33.5 Å². The maximum absolute atomic E-state index is 13.9. The number of carbonyl (C=O) groups excluding carboxylic acids is 2. The summed E-state index contributed by atoms with van der Waals surface area (Å²) < 4.78 is 5.14. The topological polar surface area (TPSA) is 99.8 Å². The monoisotopic (exact) mass is 712 g/mol. The second kappa shape index (κ2) is 17.1. The van der Waals surface area contributed by atoms with Gasteiger partial charge in [-0.1, -0.05) is 139 Å². The van der Waals surface area contributed by atoms with Crippen molar-refractivity contribution in [1.82, 2.24) is 15.0 Å². The fourth-order valence-corrected chi connectivity index (χ4v) is 7.89. The van der Waals surface area contributed by atoms with Gasteiger partial charge in [0.05, 0.1) is 7.11 Å². The third-order valence-electron chi connectivity index (χ3n) is 11.4.